The Morgan fingerprint density at radius 2 is 1.67 bits per heavy atom. The highest BCUT2D eigenvalue weighted by Gasteiger charge is 2.09. The molecule has 2 aromatic rings. The van der Waals surface area contributed by atoms with Gasteiger partial charge in [0.25, 0.3) is 11.4 Å². The van der Waals surface area contributed by atoms with E-state index in [1.807, 2.05) is 6.92 Å². The molecule has 7 nitrogen and oxygen atoms in total. The molecule has 2 rings (SSSR count). The van der Waals surface area contributed by atoms with E-state index in [1.165, 1.54) is 24.3 Å². The van der Waals surface area contributed by atoms with Crippen molar-refractivity contribution in [1.82, 2.24) is 0 Å². The number of benzene rings is 2. The first-order valence-electron chi connectivity index (χ1n) is 6.19. The average molecular weight is 287 g/mol. The van der Waals surface area contributed by atoms with Crippen molar-refractivity contribution in [3.05, 3.63) is 73.8 Å². The fourth-order valence-electron chi connectivity index (χ4n) is 1.89. The van der Waals surface area contributed by atoms with Crippen molar-refractivity contribution in [1.29, 1.82) is 0 Å². The molecule has 21 heavy (non-hydrogen) atoms. The van der Waals surface area contributed by atoms with E-state index in [4.69, 9.17) is 0 Å². The summed E-state index contributed by atoms with van der Waals surface area (Å²) in [5, 5.41) is 24.5. The largest absolute Gasteiger partial charge is 0.381 e. The molecule has 0 aliphatic heterocycles. The van der Waals surface area contributed by atoms with Crippen molar-refractivity contribution < 1.29 is 9.85 Å². The lowest BCUT2D eigenvalue weighted by Gasteiger charge is -2.09. The molecule has 0 heterocycles. The predicted molar refractivity (Wildman–Crippen MR) is 78.3 cm³/mol. The molecular weight excluding hydrogens is 274 g/mol. The van der Waals surface area contributed by atoms with Crippen LogP contribution in [-0.2, 0) is 6.54 Å². The summed E-state index contributed by atoms with van der Waals surface area (Å²) in [6.45, 7) is 2.18. The molecule has 0 atom stereocenters. The Kier molecular flexibility index (Phi) is 4.13. The quantitative estimate of drug-likeness (QED) is 0.671. The van der Waals surface area contributed by atoms with Crippen LogP contribution < -0.4 is 5.32 Å². The zero-order valence-corrected chi connectivity index (χ0v) is 11.3. The van der Waals surface area contributed by atoms with Crippen molar-refractivity contribution in [3.8, 4) is 0 Å². The first kappa shape index (κ1) is 14.4. The Morgan fingerprint density at radius 1 is 1.00 bits per heavy atom. The van der Waals surface area contributed by atoms with Gasteiger partial charge in [0.1, 0.15) is 0 Å². The van der Waals surface area contributed by atoms with Gasteiger partial charge in [-0.05, 0) is 18.1 Å². The van der Waals surface area contributed by atoms with Gasteiger partial charge in [-0.25, -0.2) is 0 Å². The lowest BCUT2D eigenvalue weighted by Crippen LogP contribution is -2.02. The van der Waals surface area contributed by atoms with E-state index >= 15 is 0 Å². The number of aryl methyl sites for hydroxylation is 1. The molecule has 0 fully saturated rings. The van der Waals surface area contributed by atoms with E-state index in [9.17, 15) is 20.2 Å². The maximum absolute atomic E-state index is 10.8. The van der Waals surface area contributed by atoms with Crippen molar-refractivity contribution in [2.24, 2.45) is 0 Å². The summed E-state index contributed by atoms with van der Waals surface area (Å²) >= 11 is 0. The standard InChI is InChI=1S/C14H13N3O4/c1-10-5-6-13(17(20)21)8-14(10)15-9-11-3-2-4-12(7-11)16(18)19/h2-8,15H,9H2,1H3. The van der Waals surface area contributed by atoms with Crippen LogP contribution in [0.25, 0.3) is 0 Å². The number of nitro benzene ring substituents is 2. The number of rotatable bonds is 5. The second-order valence-corrected chi connectivity index (χ2v) is 4.54. The Morgan fingerprint density at radius 3 is 2.33 bits per heavy atom. The van der Waals surface area contributed by atoms with Crippen LogP contribution in [-0.4, -0.2) is 9.85 Å². The molecule has 0 radical (unpaired) electrons. The van der Waals surface area contributed by atoms with Crippen molar-refractivity contribution in [2.45, 2.75) is 13.5 Å². The number of hydrogen-bond donors (Lipinski definition) is 1. The van der Waals surface area contributed by atoms with Gasteiger partial charge < -0.3 is 5.32 Å². The van der Waals surface area contributed by atoms with Gasteiger partial charge in [0, 0.05) is 36.5 Å². The third kappa shape index (κ3) is 3.53. The highest BCUT2D eigenvalue weighted by Crippen LogP contribution is 2.23. The van der Waals surface area contributed by atoms with Crippen LogP contribution in [0.1, 0.15) is 11.1 Å². The van der Waals surface area contributed by atoms with Crippen LogP contribution in [0, 0.1) is 27.2 Å². The van der Waals surface area contributed by atoms with Crippen LogP contribution in [0.15, 0.2) is 42.5 Å². The molecule has 0 amide bonds. The molecule has 0 bridgehead atoms. The van der Waals surface area contributed by atoms with Gasteiger partial charge in [-0.3, -0.25) is 20.2 Å². The zero-order valence-electron chi connectivity index (χ0n) is 11.3. The van der Waals surface area contributed by atoms with E-state index in [-0.39, 0.29) is 11.4 Å². The lowest BCUT2D eigenvalue weighted by atomic mass is 10.1. The SMILES string of the molecule is Cc1ccc([N+](=O)[O-])cc1NCc1cccc([N+](=O)[O-])c1. The number of hydrogen-bond acceptors (Lipinski definition) is 5. The van der Waals surface area contributed by atoms with Crippen LogP contribution in [0.3, 0.4) is 0 Å². The Labute approximate surface area is 120 Å². The number of non-ortho nitro benzene ring substituents is 2. The third-order valence-corrected chi connectivity index (χ3v) is 3.04. The first-order chi connectivity index (χ1) is 9.97. The average Bonchev–Trinajstić information content (AvgIpc) is 2.46. The van der Waals surface area contributed by atoms with Gasteiger partial charge in [-0.2, -0.15) is 0 Å². The number of nitrogens with zero attached hydrogens (tertiary/aromatic N) is 2. The highest BCUT2D eigenvalue weighted by molar-refractivity contribution is 5.57. The van der Waals surface area contributed by atoms with Crippen LogP contribution in [0.2, 0.25) is 0 Å². The minimum atomic E-state index is -0.460. The molecule has 0 saturated carbocycles. The summed E-state index contributed by atoms with van der Waals surface area (Å²) in [6, 6.07) is 10.8. The molecule has 0 saturated heterocycles. The normalized spacial score (nSPS) is 10.1. The fraction of sp³-hybridized carbons (Fsp3) is 0.143. The van der Waals surface area contributed by atoms with E-state index < -0.39 is 9.85 Å². The summed E-state index contributed by atoms with van der Waals surface area (Å²) in [5.41, 5.74) is 2.25. The second-order valence-electron chi connectivity index (χ2n) is 4.54. The summed E-state index contributed by atoms with van der Waals surface area (Å²) in [7, 11) is 0. The van der Waals surface area contributed by atoms with Crippen molar-refractivity contribution in [3.63, 3.8) is 0 Å². The molecule has 1 N–H and O–H groups in total. The van der Waals surface area contributed by atoms with Gasteiger partial charge in [0.05, 0.1) is 9.85 Å². The predicted octanol–water partition coefficient (Wildman–Crippen LogP) is 3.42. The number of nitrogens with one attached hydrogen (secondary N) is 1. The van der Waals surface area contributed by atoms with E-state index in [2.05, 4.69) is 5.32 Å². The van der Waals surface area contributed by atoms with Gasteiger partial charge in [-0.1, -0.05) is 18.2 Å². The van der Waals surface area contributed by atoms with Crippen molar-refractivity contribution in [2.75, 3.05) is 5.32 Å². The minimum absolute atomic E-state index is 0.00198. The maximum Gasteiger partial charge on any atom is 0.271 e. The van der Waals surface area contributed by atoms with Gasteiger partial charge in [-0.15, -0.1) is 0 Å². The smallest absolute Gasteiger partial charge is 0.271 e. The Hall–Kier alpha value is -2.96. The van der Waals surface area contributed by atoms with Gasteiger partial charge >= 0.3 is 0 Å². The number of anilines is 1. The summed E-state index contributed by atoms with van der Waals surface area (Å²) in [5.74, 6) is 0. The second kappa shape index (κ2) is 6.00. The minimum Gasteiger partial charge on any atom is -0.381 e. The first-order valence-corrected chi connectivity index (χ1v) is 6.19. The van der Waals surface area contributed by atoms with Crippen LogP contribution in [0.4, 0.5) is 17.1 Å². The molecule has 108 valence electrons. The topological polar surface area (TPSA) is 98.3 Å². The summed E-state index contributed by atoms with van der Waals surface area (Å²) < 4.78 is 0. The molecule has 0 aliphatic rings. The molecule has 0 aromatic heterocycles. The molecule has 7 heteroatoms. The van der Waals surface area contributed by atoms with Gasteiger partial charge in [0.15, 0.2) is 0 Å². The fourth-order valence-corrected chi connectivity index (χ4v) is 1.89. The Bertz CT molecular complexity index is 700. The van der Waals surface area contributed by atoms with E-state index in [0.29, 0.717) is 12.2 Å². The molecule has 0 unspecified atom stereocenters. The third-order valence-electron chi connectivity index (χ3n) is 3.04. The lowest BCUT2D eigenvalue weighted by molar-refractivity contribution is -0.385. The van der Waals surface area contributed by atoms with E-state index in [1.54, 1.807) is 18.2 Å². The molecule has 0 aliphatic carbocycles. The highest BCUT2D eigenvalue weighted by atomic mass is 16.6. The van der Waals surface area contributed by atoms with Crippen LogP contribution >= 0.6 is 0 Å². The van der Waals surface area contributed by atoms with Gasteiger partial charge in [0.2, 0.25) is 0 Å². The monoisotopic (exact) mass is 287 g/mol. The maximum atomic E-state index is 10.8. The Balaban J connectivity index is 2.16. The molecule has 2 aromatic carbocycles. The zero-order chi connectivity index (χ0) is 15.4. The number of nitro groups is 2. The summed E-state index contributed by atoms with van der Waals surface area (Å²) in [4.78, 5) is 20.6. The molecular formula is C14H13N3O4. The summed E-state index contributed by atoms with van der Waals surface area (Å²) in [6.07, 6.45) is 0. The van der Waals surface area contributed by atoms with E-state index in [0.717, 1.165) is 11.1 Å². The van der Waals surface area contributed by atoms with Crippen LogP contribution in [0.5, 0.6) is 0 Å². The molecule has 0 spiro atoms. The van der Waals surface area contributed by atoms with Crippen molar-refractivity contribution >= 4 is 17.1 Å².